The van der Waals surface area contributed by atoms with Gasteiger partial charge in [0.05, 0.1) is 11.0 Å². The molecule has 0 heterocycles. The molecule has 0 spiro atoms. The zero-order valence-corrected chi connectivity index (χ0v) is 10.8. The van der Waals surface area contributed by atoms with Crippen molar-refractivity contribution in [2.24, 2.45) is 0 Å². The summed E-state index contributed by atoms with van der Waals surface area (Å²) in [5.41, 5.74) is 6.15. The zero-order chi connectivity index (χ0) is 13.1. The third-order valence-electron chi connectivity index (χ3n) is 2.16. The summed E-state index contributed by atoms with van der Waals surface area (Å²) >= 11 is 3.20. The second-order valence-corrected chi connectivity index (χ2v) is 4.49. The van der Waals surface area contributed by atoms with Gasteiger partial charge in [0.25, 0.3) is 5.69 Å². The van der Waals surface area contributed by atoms with E-state index in [1.807, 2.05) is 0 Å². The second kappa shape index (κ2) is 5.05. The summed E-state index contributed by atoms with van der Waals surface area (Å²) in [6.45, 7) is 0. The van der Waals surface area contributed by atoms with Gasteiger partial charge in [0.15, 0.2) is 0 Å². The molecule has 5 nitrogen and oxygen atoms in total. The van der Waals surface area contributed by atoms with Gasteiger partial charge in [-0.15, -0.1) is 0 Å². The summed E-state index contributed by atoms with van der Waals surface area (Å²) in [5, 5.41) is 10.7. The van der Waals surface area contributed by atoms with Crippen molar-refractivity contribution in [3.8, 4) is 11.5 Å². The van der Waals surface area contributed by atoms with Crippen LogP contribution in [0.3, 0.4) is 0 Å². The summed E-state index contributed by atoms with van der Waals surface area (Å²) in [7, 11) is 0. The van der Waals surface area contributed by atoms with E-state index in [4.69, 9.17) is 10.5 Å². The first-order valence-corrected chi connectivity index (χ1v) is 5.82. The van der Waals surface area contributed by atoms with Crippen molar-refractivity contribution in [3.63, 3.8) is 0 Å². The van der Waals surface area contributed by atoms with Crippen molar-refractivity contribution in [2.45, 2.75) is 0 Å². The number of nitrogens with zero attached hydrogens (tertiary/aromatic N) is 1. The minimum atomic E-state index is -0.475. The Morgan fingerprint density at radius 3 is 2.61 bits per heavy atom. The third kappa shape index (κ3) is 2.98. The minimum absolute atomic E-state index is 0.0386. The Hall–Kier alpha value is -2.08. The standard InChI is InChI=1S/C12H9BrN2O3/c13-8-4-10(15(16)17)7-12(5-8)18-11-3-1-2-9(14)6-11/h1-7H,14H2. The fourth-order valence-corrected chi connectivity index (χ4v) is 1.89. The highest BCUT2D eigenvalue weighted by molar-refractivity contribution is 9.10. The van der Waals surface area contributed by atoms with Gasteiger partial charge in [-0.25, -0.2) is 0 Å². The van der Waals surface area contributed by atoms with Crippen LogP contribution in [0.2, 0.25) is 0 Å². The van der Waals surface area contributed by atoms with Crippen LogP contribution in [0.15, 0.2) is 46.9 Å². The van der Waals surface area contributed by atoms with Gasteiger partial charge in [0.2, 0.25) is 0 Å². The molecule has 0 aromatic heterocycles. The Bertz CT molecular complexity index is 602. The van der Waals surface area contributed by atoms with Gasteiger partial charge in [0, 0.05) is 22.3 Å². The van der Waals surface area contributed by atoms with Gasteiger partial charge >= 0.3 is 0 Å². The van der Waals surface area contributed by atoms with E-state index in [1.165, 1.54) is 12.1 Å². The van der Waals surface area contributed by atoms with Crippen molar-refractivity contribution in [2.75, 3.05) is 5.73 Å². The highest BCUT2D eigenvalue weighted by Gasteiger charge is 2.10. The fourth-order valence-electron chi connectivity index (χ4n) is 1.43. The number of non-ortho nitro benzene ring substituents is 1. The largest absolute Gasteiger partial charge is 0.457 e. The SMILES string of the molecule is Nc1cccc(Oc2cc(Br)cc([N+](=O)[O-])c2)c1. The van der Waals surface area contributed by atoms with Gasteiger partial charge in [-0.2, -0.15) is 0 Å². The number of hydrogen-bond donors (Lipinski definition) is 1. The molecule has 2 rings (SSSR count). The number of ether oxygens (including phenoxy) is 1. The quantitative estimate of drug-likeness (QED) is 0.532. The lowest BCUT2D eigenvalue weighted by atomic mass is 10.3. The smallest absolute Gasteiger partial charge is 0.274 e. The number of nitrogen functional groups attached to an aromatic ring is 1. The first kappa shape index (κ1) is 12.4. The summed E-state index contributed by atoms with van der Waals surface area (Å²) in [5.74, 6) is 0.907. The molecule has 0 amide bonds. The molecule has 0 aliphatic carbocycles. The lowest BCUT2D eigenvalue weighted by Gasteiger charge is -2.06. The van der Waals surface area contributed by atoms with Crippen LogP contribution < -0.4 is 10.5 Å². The molecule has 18 heavy (non-hydrogen) atoms. The molecule has 0 fully saturated rings. The summed E-state index contributed by atoms with van der Waals surface area (Å²) in [6, 6.07) is 11.3. The minimum Gasteiger partial charge on any atom is -0.457 e. The molecule has 0 radical (unpaired) electrons. The van der Waals surface area contributed by atoms with Crippen molar-refractivity contribution in [3.05, 3.63) is 57.1 Å². The van der Waals surface area contributed by atoms with E-state index >= 15 is 0 Å². The maximum absolute atomic E-state index is 10.7. The van der Waals surface area contributed by atoms with Crippen LogP contribution in [0.1, 0.15) is 0 Å². The van der Waals surface area contributed by atoms with Crippen LogP contribution in [0.4, 0.5) is 11.4 Å². The monoisotopic (exact) mass is 308 g/mol. The molecule has 92 valence electrons. The highest BCUT2D eigenvalue weighted by atomic mass is 79.9. The van der Waals surface area contributed by atoms with Crippen molar-refractivity contribution in [1.29, 1.82) is 0 Å². The van der Waals surface area contributed by atoms with Gasteiger partial charge in [-0.1, -0.05) is 22.0 Å². The average Bonchev–Trinajstić information content (AvgIpc) is 2.28. The van der Waals surface area contributed by atoms with Crippen molar-refractivity contribution < 1.29 is 9.66 Å². The first-order chi connectivity index (χ1) is 8.54. The number of anilines is 1. The van der Waals surface area contributed by atoms with Crippen molar-refractivity contribution >= 4 is 27.3 Å². The Kier molecular flexibility index (Phi) is 3.47. The molecule has 2 aromatic carbocycles. The number of nitrogens with two attached hydrogens (primary N) is 1. The molecule has 0 aliphatic rings. The van der Waals surface area contributed by atoms with Gasteiger partial charge in [-0.05, 0) is 18.2 Å². The maximum atomic E-state index is 10.7. The first-order valence-electron chi connectivity index (χ1n) is 5.03. The van der Waals surface area contributed by atoms with E-state index in [1.54, 1.807) is 30.3 Å². The van der Waals surface area contributed by atoms with E-state index in [-0.39, 0.29) is 5.69 Å². The number of rotatable bonds is 3. The topological polar surface area (TPSA) is 78.4 Å². The number of benzene rings is 2. The molecule has 2 N–H and O–H groups in total. The molecule has 0 bridgehead atoms. The molecular formula is C12H9BrN2O3. The predicted octanol–water partition coefficient (Wildman–Crippen LogP) is 3.73. The van der Waals surface area contributed by atoms with E-state index < -0.39 is 4.92 Å². The fraction of sp³-hybridized carbons (Fsp3) is 0. The number of nitro groups is 1. The lowest BCUT2D eigenvalue weighted by Crippen LogP contribution is -1.91. The summed E-state index contributed by atoms with van der Waals surface area (Å²) < 4.78 is 6.10. The Morgan fingerprint density at radius 1 is 1.17 bits per heavy atom. The van der Waals surface area contributed by atoms with E-state index in [2.05, 4.69) is 15.9 Å². The number of nitro benzene ring substituents is 1. The normalized spacial score (nSPS) is 10.1. The molecule has 2 aromatic rings. The van der Waals surface area contributed by atoms with Gasteiger partial charge < -0.3 is 10.5 Å². The van der Waals surface area contributed by atoms with Crippen LogP contribution in [0.25, 0.3) is 0 Å². The van der Waals surface area contributed by atoms with Crippen LogP contribution in [-0.2, 0) is 0 Å². The van der Waals surface area contributed by atoms with E-state index in [9.17, 15) is 10.1 Å². The average molecular weight is 309 g/mol. The van der Waals surface area contributed by atoms with E-state index in [0.29, 0.717) is 21.7 Å². The third-order valence-corrected chi connectivity index (χ3v) is 2.62. The predicted molar refractivity (Wildman–Crippen MR) is 71.7 cm³/mol. The Labute approximate surface area is 111 Å². The lowest BCUT2D eigenvalue weighted by molar-refractivity contribution is -0.385. The molecule has 0 unspecified atom stereocenters. The molecule has 6 heteroatoms. The van der Waals surface area contributed by atoms with Crippen LogP contribution in [0.5, 0.6) is 11.5 Å². The number of hydrogen-bond acceptors (Lipinski definition) is 4. The Balaban J connectivity index is 2.31. The number of halogens is 1. The zero-order valence-electron chi connectivity index (χ0n) is 9.17. The Morgan fingerprint density at radius 2 is 1.94 bits per heavy atom. The summed E-state index contributed by atoms with van der Waals surface area (Å²) in [6.07, 6.45) is 0. The van der Waals surface area contributed by atoms with Crippen LogP contribution >= 0.6 is 15.9 Å². The molecule has 0 atom stereocenters. The van der Waals surface area contributed by atoms with Crippen LogP contribution in [-0.4, -0.2) is 4.92 Å². The molecule has 0 saturated carbocycles. The van der Waals surface area contributed by atoms with Gasteiger partial charge in [0.1, 0.15) is 11.5 Å². The van der Waals surface area contributed by atoms with Crippen molar-refractivity contribution in [1.82, 2.24) is 0 Å². The van der Waals surface area contributed by atoms with E-state index in [0.717, 1.165) is 0 Å². The molecule has 0 aliphatic heterocycles. The summed E-state index contributed by atoms with van der Waals surface area (Å²) in [4.78, 5) is 10.2. The second-order valence-electron chi connectivity index (χ2n) is 3.58. The highest BCUT2D eigenvalue weighted by Crippen LogP contribution is 2.30. The van der Waals surface area contributed by atoms with Gasteiger partial charge in [-0.3, -0.25) is 10.1 Å². The van der Waals surface area contributed by atoms with Crippen LogP contribution in [0, 0.1) is 10.1 Å². The molecular weight excluding hydrogens is 300 g/mol. The maximum Gasteiger partial charge on any atom is 0.274 e. The molecule has 0 saturated heterocycles.